The van der Waals surface area contributed by atoms with Crippen molar-refractivity contribution in [2.24, 2.45) is 11.8 Å². The lowest BCUT2D eigenvalue weighted by Crippen LogP contribution is -2.44. The predicted molar refractivity (Wildman–Crippen MR) is 65.5 cm³/mol. The molecule has 0 aromatic carbocycles. The number of nitrogens with one attached hydrogen (secondary N) is 1. The normalized spacial score (nSPS) is 19.6. The Bertz CT molecular complexity index is 332. The van der Waals surface area contributed by atoms with E-state index in [2.05, 4.69) is 5.32 Å². The summed E-state index contributed by atoms with van der Waals surface area (Å²) in [5.74, 6) is -0.786. The minimum atomic E-state index is -0.967. The predicted octanol–water partition coefficient (Wildman–Crippen LogP) is 1.96. The molecule has 0 heterocycles. The standard InChI is InChI=1S/C13H21NO3/c1-4-8(2)12(13(16)17)14-11(15)7-9(3)10-5-6-10/h7-8,10,12H,4-6H2,1-3H3,(H,14,15)(H,16,17). The molecule has 1 aliphatic carbocycles. The quantitative estimate of drug-likeness (QED) is 0.696. The second-order valence-corrected chi connectivity index (χ2v) is 4.87. The average molecular weight is 239 g/mol. The Morgan fingerprint density at radius 1 is 1.47 bits per heavy atom. The average Bonchev–Trinajstić information content (AvgIpc) is 3.08. The molecule has 1 aliphatic rings. The van der Waals surface area contributed by atoms with Crippen LogP contribution < -0.4 is 5.32 Å². The Morgan fingerprint density at radius 3 is 2.47 bits per heavy atom. The highest BCUT2D eigenvalue weighted by Gasteiger charge is 2.26. The van der Waals surface area contributed by atoms with Crippen molar-refractivity contribution < 1.29 is 14.7 Å². The molecule has 2 unspecified atom stereocenters. The third kappa shape index (κ3) is 4.21. The zero-order valence-electron chi connectivity index (χ0n) is 10.7. The summed E-state index contributed by atoms with van der Waals surface area (Å²) in [5.41, 5.74) is 1.05. The van der Waals surface area contributed by atoms with E-state index in [0.29, 0.717) is 5.92 Å². The molecule has 1 saturated carbocycles. The lowest BCUT2D eigenvalue weighted by atomic mass is 9.99. The number of rotatable bonds is 6. The SMILES string of the molecule is CCC(C)C(NC(=O)C=C(C)C1CC1)C(=O)O. The van der Waals surface area contributed by atoms with Crippen LogP contribution >= 0.6 is 0 Å². The van der Waals surface area contributed by atoms with Crippen LogP contribution in [0.15, 0.2) is 11.6 Å². The summed E-state index contributed by atoms with van der Waals surface area (Å²) < 4.78 is 0. The van der Waals surface area contributed by atoms with Gasteiger partial charge >= 0.3 is 5.97 Å². The van der Waals surface area contributed by atoms with E-state index in [-0.39, 0.29) is 11.8 Å². The lowest BCUT2D eigenvalue weighted by Gasteiger charge is -2.19. The second-order valence-electron chi connectivity index (χ2n) is 4.87. The number of aliphatic carboxylic acids is 1. The summed E-state index contributed by atoms with van der Waals surface area (Å²) in [6, 6.07) is -0.796. The molecule has 2 N–H and O–H groups in total. The summed E-state index contributed by atoms with van der Waals surface area (Å²) in [7, 11) is 0. The number of amides is 1. The molecule has 0 aromatic rings. The molecule has 1 rings (SSSR count). The molecular weight excluding hydrogens is 218 g/mol. The van der Waals surface area contributed by atoms with Crippen molar-refractivity contribution >= 4 is 11.9 Å². The van der Waals surface area contributed by atoms with Gasteiger partial charge < -0.3 is 10.4 Å². The van der Waals surface area contributed by atoms with Gasteiger partial charge in [0.2, 0.25) is 5.91 Å². The maximum Gasteiger partial charge on any atom is 0.326 e. The third-order valence-corrected chi connectivity index (χ3v) is 3.36. The zero-order valence-corrected chi connectivity index (χ0v) is 10.7. The van der Waals surface area contributed by atoms with Gasteiger partial charge in [-0.3, -0.25) is 4.79 Å². The molecule has 1 fully saturated rings. The van der Waals surface area contributed by atoms with Crippen LogP contribution in [-0.4, -0.2) is 23.0 Å². The van der Waals surface area contributed by atoms with Crippen LogP contribution in [-0.2, 0) is 9.59 Å². The fraction of sp³-hybridized carbons (Fsp3) is 0.692. The molecule has 0 saturated heterocycles. The van der Waals surface area contributed by atoms with Gasteiger partial charge in [0.25, 0.3) is 0 Å². The van der Waals surface area contributed by atoms with Crippen LogP contribution in [0.3, 0.4) is 0 Å². The topological polar surface area (TPSA) is 66.4 Å². The van der Waals surface area contributed by atoms with Crippen molar-refractivity contribution in [3.63, 3.8) is 0 Å². The van der Waals surface area contributed by atoms with E-state index < -0.39 is 12.0 Å². The van der Waals surface area contributed by atoms with Crippen LogP contribution in [0.5, 0.6) is 0 Å². The number of allylic oxidation sites excluding steroid dienone is 1. The highest BCUT2D eigenvalue weighted by molar-refractivity contribution is 5.91. The van der Waals surface area contributed by atoms with Gasteiger partial charge in [0.15, 0.2) is 0 Å². The number of hydrogen-bond acceptors (Lipinski definition) is 2. The van der Waals surface area contributed by atoms with E-state index in [9.17, 15) is 9.59 Å². The summed E-state index contributed by atoms with van der Waals surface area (Å²) in [6.45, 7) is 5.67. The van der Waals surface area contributed by atoms with E-state index in [1.807, 2.05) is 20.8 Å². The molecule has 4 heteroatoms. The van der Waals surface area contributed by atoms with Crippen LogP contribution in [0.4, 0.5) is 0 Å². The molecule has 0 aliphatic heterocycles. The van der Waals surface area contributed by atoms with E-state index >= 15 is 0 Å². The largest absolute Gasteiger partial charge is 0.480 e. The Morgan fingerprint density at radius 2 is 2.06 bits per heavy atom. The Kier molecular flexibility index (Phi) is 4.73. The van der Waals surface area contributed by atoms with Crippen LogP contribution in [0, 0.1) is 11.8 Å². The van der Waals surface area contributed by atoms with Gasteiger partial charge in [-0.1, -0.05) is 25.8 Å². The van der Waals surface area contributed by atoms with Crippen molar-refractivity contribution in [1.82, 2.24) is 5.32 Å². The molecule has 0 radical (unpaired) electrons. The molecule has 4 nitrogen and oxygen atoms in total. The molecule has 2 atom stereocenters. The summed E-state index contributed by atoms with van der Waals surface area (Å²) >= 11 is 0. The van der Waals surface area contributed by atoms with Crippen LogP contribution in [0.2, 0.25) is 0 Å². The summed E-state index contributed by atoms with van der Waals surface area (Å²) in [6.07, 6.45) is 4.55. The molecule has 0 spiro atoms. The number of hydrogen-bond donors (Lipinski definition) is 2. The van der Waals surface area contributed by atoms with E-state index in [1.54, 1.807) is 0 Å². The minimum Gasteiger partial charge on any atom is -0.480 e. The highest BCUT2D eigenvalue weighted by Crippen LogP contribution is 2.35. The van der Waals surface area contributed by atoms with Gasteiger partial charge in [0, 0.05) is 6.08 Å². The molecule has 0 bridgehead atoms. The smallest absolute Gasteiger partial charge is 0.326 e. The van der Waals surface area contributed by atoms with Crippen molar-refractivity contribution in [3.8, 4) is 0 Å². The van der Waals surface area contributed by atoms with Gasteiger partial charge in [-0.2, -0.15) is 0 Å². The number of carboxylic acid groups (broad SMARTS) is 1. The molecule has 0 aromatic heterocycles. The first-order chi connectivity index (χ1) is 7.95. The van der Waals surface area contributed by atoms with Crippen molar-refractivity contribution in [2.75, 3.05) is 0 Å². The number of carbonyl (C=O) groups excluding carboxylic acids is 1. The van der Waals surface area contributed by atoms with Gasteiger partial charge in [-0.25, -0.2) is 4.79 Å². The summed E-state index contributed by atoms with van der Waals surface area (Å²) in [5, 5.41) is 11.6. The Hall–Kier alpha value is -1.32. The van der Waals surface area contributed by atoms with Crippen molar-refractivity contribution in [2.45, 2.75) is 46.1 Å². The number of carbonyl (C=O) groups is 2. The van der Waals surface area contributed by atoms with Gasteiger partial charge in [-0.15, -0.1) is 0 Å². The highest BCUT2D eigenvalue weighted by atomic mass is 16.4. The Labute approximate surface area is 102 Å². The lowest BCUT2D eigenvalue weighted by molar-refractivity contribution is -0.142. The monoisotopic (exact) mass is 239 g/mol. The second kappa shape index (κ2) is 5.84. The van der Waals surface area contributed by atoms with Gasteiger partial charge in [0.05, 0.1) is 0 Å². The fourth-order valence-corrected chi connectivity index (χ4v) is 1.74. The van der Waals surface area contributed by atoms with Crippen LogP contribution in [0.1, 0.15) is 40.0 Å². The van der Waals surface area contributed by atoms with Gasteiger partial charge in [0.1, 0.15) is 6.04 Å². The molecule has 17 heavy (non-hydrogen) atoms. The molecular formula is C13H21NO3. The molecule has 1 amide bonds. The Balaban J connectivity index is 2.57. The first-order valence-corrected chi connectivity index (χ1v) is 6.17. The van der Waals surface area contributed by atoms with Gasteiger partial charge in [-0.05, 0) is 31.6 Å². The minimum absolute atomic E-state index is 0.0638. The van der Waals surface area contributed by atoms with E-state index in [4.69, 9.17) is 5.11 Å². The fourth-order valence-electron chi connectivity index (χ4n) is 1.74. The first kappa shape index (κ1) is 13.7. The van der Waals surface area contributed by atoms with Crippen molar-refractivity contribution in [3.05, 3.63) is 11.6 Å². The van der Waals surface area contributed by atoms with E-state index in [1.165, 1.54) is 6.08 Å². The maximum atomic E-state index is 11.7. The van der Waals surface area contributed by atoms with E-state index in [0.717, 1.165) is 24.8 Å². The maximum absolute atomic E-state index is 11.7. The molecule has 96 valence electrons. The third-order valence-electron chi connectivity index (χ3n) is 3.36. The summed E-state index contributed by atoms with van der Waals surface area (Å²) in [4.78, 5) is 22.7. The number of carboxylic acids is 1. The first-order valence-electron chi connectivity index (χ1n) is 6.17. The van der Waals surface area contributed by atoms with Crippen molar-refractivity contribution in [1.29, 1.82) is 0 Å². The van der Waals surface area contributed by atoms with Crippen LogP contribution in [0.25, 0.3) is 0 Å². The zero-order chi connectivity index (χ0) is 13.0.